The molecule has 0 spiro atoms. The van der Waals surface area contributed by atoms with Gasteiger partial charge in [-0.05, 0) is 26.2 Å². The molecule has 0 amide bonds. The van der Waals surface area contributed by atoms with Crippen molar-refractivity contribution >= 4 is 18.0 Å². The summed E-state index contributed by atoms with van der Waals surface area (Å²) in [6.07, 6.45) is 0.869. The average Bonchev–Trinajstić information content (AvgIpc) is 2.18. The van der Waals surface area contributed by atoms with Crippen LogP contribution >= 0.6 is 11.8 Å². The molecule has 14 heavy (non-hydrogen) atoms. The molecule has 1 rings (SSSR count). The lowest BCUT2D eigenvalue weighted by atomic mass is 10.2. The number of hydrogen-bond donors (Lipinski definition) is 0. The Bertz CT molecular complexity index is 282. The second-order valence-corrected chi connectivity index (χ2v) is 4.51. The molecule has 0 radical (unpaired) electrons. The van der Waals surface area contributed by atoms with Gasteiger partial charge in [-0.2, -0.15) is 0 Å². The van der Waals surface area contributed by atoms with Gasteiger partial charge in [-0.1, -0.05) is 12.1 Å². The molecule has 0 heterocycles. The van der Waals surface area contributed by atoms with Gasteiger partial charge in [0.2, 0.25) is 0 Å². The summed E-state index contributed by atoms with van der Waals surface area (Å²) >= 11 is 1.81. The third kappa shape index (κ3) is 3.94. The standard InChI is InChI=1S/C11H15NOS/c1-12(2)7-8-14-11-5-3-10(9-13)4-6-11/h3-6,9H,7-8H2,1-2H3. The van der Waals surface area contributed by atoms with Gasteiger partial charge >= 0.3 is 0 Å². The smallest absolute Gasteiger partial charge is 0.150 e. The fourth-order valence-corrected chi connectivity index (χ4v) is 2.01. The molecule has 0 unspecified atom stereocenters. The zero-order valence-corrected chi connectivity index (χ0v) is 9.38. The third-order valence-corrected chi connectivity index (χ3v) is 2.82. The summed E-state index contributed by atoms with van der Waals surface area (Å²) in [5, 5.41) is 0. The molecule has 0 aliphatic rings. The van der Waals surface area contributed by atoms with Gasteiger partial charge in [0.15, 0.2) is 0 Å². The maximum absolute atomic E-state index is 10.4. The van der Waals surface area contributed by atoms with Crippen molar-refractivity contribution in [2.24, 2.45) is 0 Å². The van der Waals surface area contributed by atoms with Crippen molar-refractivity contribution in [3.05, 3.63) is 29.8 Å². The highest BCUT2D eigenvalue weighted by molar-refractivity contribution is 7.99. The third-order valence-electron chi connectivity index (χ3n) is 1.82. The quantitative estimate of drug-likeness (QED) is 0.547. The van der Waals surface area contributed by atoms with Crippen LogP contribution in [-0.4, -0.2) is 37.6 Å². The monoisotopic (exact) mass is 209 g/mol. The number of benzene rings is 1. The number of thioether (sulfide) groups is 1. The highest BCUT2D eigenvalue weighted by Crippen LogP contribution is 2.17. The van der Waals surface area contributed by atoms with Gasteiger partial charge in [-0.3, -0.25) is 4.79 Å². The molecule has 1 aromatic carbocycles. The first-order valence-corrected chi connectivity index (χ1v) is 5.53. The maximum Gasteiger partial charge on any atom is 0.150 e. The van der Waals surface area contributed by atoms with Crippen LogP contribution in [0.5, 0.6) is 0 Å². The van der Waals surface area contributed by atoms with Crippen molar-refractivity contribution in [2.45, 2.75) is 4.90 Å². The first-order chi connectivity index (χ1) is 6.72. The number of hydrogen-bond acceptors (Lipinski definition) is 3. The predicted octanol–water partition coefficient (Wildman–Crippen LogP) is 2.15. The molecule has 76 valence electrons. The van der Waals surface area contributed by atoms with E-state index in [-0.39, 0.29) is 0 Å². The fourth-order valence-electron chi connectivity index (χ4n) is 0.989. The van der Waals surface area contributed by atoms with Crippen molar-refractivity contribution in [1.29, 1.82) is 0 Å². The summed E-state index contributed by atoms with van der Waals surface area (Å²) in [6, 6.07) is 7.68. The lowest BCUT2D eigenvalue weighted by molar-refractivity contribution is 0.112. The van der Waals surface area contributed by atoms with E-state index in [0.717, 1.165) is 24.1 Å². The lowest BCUT2D eigenvalue weighted by Gasteiger charge is -2.08. The first-order valence-electron chi connectivity index (χ1n) is 4.55. The second kappa shape index (κ2) is 5.83. The van der Waals surface area contributed by atoms with Crippen molar-refractivity contribution in [1.82, 2.24) is 4.90 Å². The Morgan fingerprint density at radius 3 is 2.43 bits per heavy atom. The molecule has 0 fully saturated rings. The van der Waals surface area contributed by atoms with E-state index in [1.54, 1.807) is 0 Å². The van der Waals surface area contributed by atoms with Crippen LogP contribution in [0.2, 0.25) is 0 Å². The maximum atomic E-state index is 10.4. The summed E-state index contributed by atoms with van der Waals surface area (Å²) in [4.78, 5) is 13.8. The molecule has 0 aromatic heterocycles. The van der Waals surface area contributed by atoms with Crippen LogP contribution in [0.4, 0.5) is 0 Å². The molecule has 0 saturated carbocycles. The molecule has 2 nitrogen and oxygen atoms in total. The SMILES string of the molecule is CN(C)CCSc1ccc(C=O)cc1. The van der Waals surface area contributed by atoms with Crippen LogP contribution < -0.4 is 0 Å². The number of rotatable bonds is 5. The normalized spacial score (nSPS) is 10.5. The summed E-state index contributed by atoms with van der Waals surface area (Å²) in [5.41, 5.74) is 0.738. The number of carbonyl (C=O) groups excluding carboxylic acids is 1. The fraction of sp³-hybridized carbons (Fsp3) is 0.364. The van der Waals surface area contributed by atoms with Gasteiger partial charge in [-0.25, -0.2) is 0 Å². The van der Waals surface area contributed by atoms with Gasteiger partial charge in [-0.15, -0.1) is 11.8 Å². The van der Waals surface area contributed by atoms with Gasteiger partial charge in [0.05, 0.1) is 0 Å². The number of carbonyl (C=O) groups is 1. The Labute approximate surface area is 89.3 Å². The van der Waals surface area contributed by atoms with Gasteiger partial charge < -0.3 is 4.90 Å². The van der Waals surface area contributed by atoms with Gasteiger partial charge in [0.25, 0.3) is 0 Å². The minimum Gasteiger partial charge on any atom is -0.309 e. The minimum absolute atomic E-state index is 0.738. The molecule has 0 N–H and O–H groups in total. The van der Waals surface area contributed by atoms with Crippen molar-refractivity contribution in [3.63, 3.8) is 0 Å². The molecular weight excluding hydrogens is 194 g/mol. The zero-order valence-electron chi connectivity index (χ0n) is 8.56. The van der Waals surface area contributed by atoms with Crippen LogP contribution in [-0.2, 0) is 0 Å². The molecule has 0 saturated heterocycles. The summed E-state index contributed by atoms with van der Waals surface area (Å²) in [6.45, 7) is 1.07. The van der Waals surface area contributed by atoms with E-state index in [2.05, 4.69) is 19.0 Å². The van der Waals surface area contributed by atoms with E-state index in [0.29, 0.717) is 0 Å². The summed E-state index contributed by atoms with van der Waals surface area (Å²) < 4.78 is 0. The highest BCUT2D eigenvalue weighted by Gasteiger charge is 1.95. The molecule has 1 aromatic rings. The molecule has 0 aliphatic heterocycles. The Morgan fingerprint density at radius 1 is 1.29 bits per heavy atom. The lowest BCUT2D eigenvalue weighted by Crippen LogP contribution is -2.14. The molecule has 0 aliphatic carbocycles. The Hall–Kier alpha value is -0.800. The highest BCUT2D eigenvalue weighted by atomic mass is 32.2. The van der Waals surface area contributed by atoms with Crippen LogP contribution in [0.15, 0.2) is 29.2 Å². The second-order valence-electron chi connectivity index (χ2n) is 3.34. The Morgan fingerprint density at radius 2 is 1.93 bits per heavy atom. The summed E-state index contributed by atoms with van der Waals surface area (Å²) in [7, 11) is 4.13. The average molecular weight is 209 g/mol. The van der Waals surface area contributed by atoms with E-state index in [1.807, 2.05) is 36.0 Å². The van der Waals surface area contributed by atoms with E-state index < -0.39 is 0 Å². The topological polar surface area (TPSA) is 20.3 Å². The van der Waals surface area contributed by atoms with Crippen LogP contribution in [0.1, 0.15) is 10.4 Å². The summed E-state index contributed by atoms with van der Waals surface area (Å²) in [5.74, 6) is 1.08. The van der Waals surface area contributed by atoms with Gasteiger partial charge in [0, 0.05) is 22.8 Å². The first kappa shape index (κ1) is 11.3. The van der Waals surface area contributed by atoms with E-state index in [4.69, 9.17) is 0 Å². The molecular formula is C11H15NOS. The van der Waals surface area contributed by atoms with E-state index in [1.165, 1.54) is 4.90 Å². The molecule has 3 heteroatoms. The van der Waals surface area contributed by atoms with E-state index in [9.17, 15) is 4.79 Å². The minimum atomic E-state index is 0.738. The number of aldehydes is 1. The zero-order chi connectivity index (χ0) is 10.4. The number of nitrogens with zero attached hydrogens (tertiary/aromatic N) is 1. The largest absolute Gasteiger partial charge is 0.309 e. The van der Waals surface area contributed by atoms with Crippen LogP contribution in [0.3, 0.4) is 0 Å². The van der Waals surface area contributed by atoms with E-state index >= 15 is 0 Å². The van der Waals surface area contributed by atoms with Crippen LogP contribution in [0.25, 0.3) is 0 Å². The Kier molecular flexibility index (Phi) is 4.70. The van der Waals surface area contributed by atoms with Crippen LogP contribution in [0, 0.1) is 0 Å². The molecule has 0 atom stereocenters. The van der Waals surface area contributed by atoms with Crippen molar-refractivity contribution in [3.8, 4) is 0 Å². The molecule has 0 bridgehead atoms. The Balaban J connectivity index is 2.40. The van der Waals surface area contributed by atoms with Gasteiger partial charge in [0.1, 0.15) is 6.29 Å². The van der Waals surface area contributed by atoms with Crippen molar-refractivity contribution < 1.29 is 4.79 Å². The predicted molar refractivity (Wildman–Crippen MR) is 61.1 cm³/mol. The van der Waals surface area contributed by atoms with Crippen molar-refractivity contribution in [2.75, 3.05) is 26.4 Å².